The number of aromatic nitrogens is 4. The molecule has 0 radical (unpaired) electrons. The SMILES string of the molecule is C[Se][C@H]1[C@H](O)[C@@H](COP(=O)(N[C@@H](C)C(=O)OC(C)C)Oc2ccccc2)O[C@H]1n1cnc2c(=O)[nH]c(N)nc21. The molecule has 1 aromatic carbocycles. The first kappa shape index (κ1) is 29.2. The number of benzene rings is 1. The number of hydrogen-bond acceptors (Lipinski definition) is 11. The molecular formula is C23H31N6O8PSe. The van der Waals surface area contributed by atoms with Crippen molar-refractivity contribution in [1.82, 2.24) is 24.6 Å². The van der Waals surface area contributed by atoms with Gasteiger partial charge in [0.15, 0.2) is 0 Å². The Morgan fingerprint density at radius 3 is 2.72 bits per heavy atom. The third kappa shape index (κ3) is 6.69. The number of aromatic amines is 1. The molecule has 16 heteroatoms. The fraction of sp³-hybridized carbons (Fsp3) is 0.478. The zero-order chi connectivity index (χ0) is 28.3. The molecular weight excluding hydrogens is 598 g/mol. The van der Waals surface area contributed by atoms with Gasteiger partial charge in [-0.15, -0.1) is 0 Å². The first-order chi connectivity index (χ1) is 18.5. The standard InChI is InChI=1S/C23H31N6O8PSe/c1-12(2)35-22(32)13(3)28-38(33,37-14-8-6-5-7-9-14)34-10-15-17(30)18(39-4)21(36-15)29-11-25-16-19(29)26-23(24)27-20(16)31/h5-9,11-13,15,17-18,21,30H,10H2,1-4H3,(H,28,33)(H3,24,26,27,31)/t13-,15+,17+,18-,21+,38?/m0/s1. The monoisotopic (exact) mass is 630 g/mol. The summed E-state index contributed by atoms with van der Waals surface area (Å²) in [6, 6.07) is 7.31. The van der Waals surface area contributed by atoms with E-state index in [0.29, 0.717) is 0 Å². The van der Waals surface area contributed by atoms with Gasteiger partial charge in [-0.25, -0.2) is 0 Å². The number of hydrogen-bond donors (Lipinski definition) is 4. The molecule has 6 atom stereocenters. The van der Waals surface area contributed by atoms with Gasteiger partial charge in [-0.05, 0) is 0 Å². The second-order valence-corrected chi connectivity index (χ2v) is 12.9. The quantitative estimate of drug-likeness (QED) is 0.136. The van der Waals surface area contributed by atoms with Crippen LogP contribution in [0.1, 0.15) is 27.0 Å². The van der Waals surface area contributed by atoms with Crippen LogP contribution in [0.4, 0.5) is 5.95 Å². The fourth-order valence-corrected chi connectivity index (χ4v) is 7.32. The average Bonchev–Trinajstić information content (AvgIpc) is 3.43. The Morgan fingerprint density at radius 2 is 2.05 bits per heavy atom. The molecule has 39 heavy (non-hydrogen) atoms. The summed E-state index contributed by atoms with van der Waals surface area (Å²) in [4.78, 5) is 34.9. The number of ether oxygens (including phenoxy) is 2. The number of para-hydroxylation sites is 1. The summed E-state index contributed by atoms with van der Waals surface area (Å²) in [7, 11) is -4.16. The van der Waals surface area contributed by atoms with E-state index in [-0.39, 0.29) is 55.3 Å². The molecule has 0 aliphatic carbocycles. The van der Waals surface area contributed by atoms with Crippen LogP contribution >= 0.6 is 7.75 Å². The van der Waals surface area contributed by atoms with E-state index in [4.69, 9.17) is 24.3 Å². The van der Waals surface area contributed by atoms with Crippen LogP contribution < -0.4 is 20.9 Å². The van der Waals surface area contributed by atoms with Crippen molar-refractivity contribution >= 4 is 45.8 Å². The Hall–Kier alpha value is -2.77. The van der Waals surface area contributed by atoms with Crippen LogP contribution in [0.5, 0.6) is 5.75 Å². The predicted molar refractivity (Wildman–Crippen MR) is 142 cm³/mol. The van der Waals surface area contributed by atoms with E-state index < -0.39 is 43.8 Å². The summed E-state index contributed by atoms with van der Waals surface area (Å²) < 4.78 is 38.0. The van der Waals surface area contributed by atoms with Crippen LogP contribution in [0, 0.1) is 0 Å². The van der Waals surface area contributed by atoms with Crippen LogP contribution in [0.15, 0.2) is 41.5 Å². The van der Waals surface area contributed by atoms with Gasteiger partial charge < -0.3 is 0 Å². The van der Waals surface area contributed by atoms with Gasteiger partial charge in [-0.1, -0.05) is 0 Å². The van der Waals surface area contributed by atoms with Crippen molar-refractivity contribution < 1.29 is 33.0 Å². The molecule has 3 heterocycles. The van der Waals surface area contributed by atoms with Crippen LogP contribution in [-0.4, -0.2) is 76.5 Å². The minimum absolute atomic E-state index is 0.0802. The molecule has 5 N–H and O–H groups in total. The summed E-state index contributed by atoms with van der Waals surface area (Å²) in [6.45, 7) is 4.54. The third-order valence-corrected chi connectivity index (χ3v) is 9.60. The van der Waals surface area contributed by atoms with E-state index in [1.165, 1.54) is 13.3 Å². The Balaban J connectivity index is 1.54. The normalized spacial score (nSPS) is 23.5. The summed E-state index contributed by atoms with van der Waals surface area (Å²) in [5.74, 6) is 1.46. The van der Waals surface area contributed by atoms with Crippen molar-refractivity contribution in [3.05, 3.63) is 47.0 Å². The van der Waals surface area contributed by atoms with Gasteiger partial charge in [0.2, 0.25) is 0 Å². The Labute approximate surface area is 230 Å². The Kier molecular flexibility index (Phi) is 9.12. The molecule has 1 aliphatic heterocycles. The second-order valence-electron chi connectivity index (χ2n) is 9.07. The molecule has 0 saturated carbocycles. The van der Waals surface area contributed by atoms with Gasteiger partial charge in [0.1, 0.15) is 0 Å². The summed E-state index contributed by atoms with van der Waals surface area (Å²) in [5, 5.41) is 13.7. The fourth-order valence-electron chi connectivity index (χ4n) is 3.97. The number of aliphatic hydroxyl groups excluding tert-OH is 1. The second kappa shape index (κ2) is 12.2. The average molecular weight is 629 g/mol. The van der Waals surface area contributed by atoms with E-state index in [1.807, 2.05) is 5.82 Å². The summed E-state index contributed by atoms with van der Waals surface area (Å²) >= 11 is -0.125. The van der Waals surface area contributed by atoms with Gasteiger partial charge in [0.05, 0.1) is 0 Å². The maximum absolute atomic E-state index is 13.8. The number of aliphatic hydroxyl groups is 1. The predicted octanol–water partition coefficient (Wildman–Crippen LogP) is 1.63. The number of anilines is 1. The number of nitrogen functional groups attached to an aromatic ring is 1. The van der Waals surface area contributed by atoms with Crippen molar-refractivity contribution in [1.29, 1.82) is 0 Å². The van der Waals surface area contributed by atoms with Crippen molar-refractivity contribution in [3.8, 4) is 5.75 Å². The van der Waals surface area contributed by atoms with Crippen molar-refractivity contribution in [2.24, 2.45) is 0 Å². The zero-order valence-electron chi connectivity index (χ0n) is 21.7. The molecule has 1 saturated heterocycles. The van der Waals surface area contributed by atoms with E-state index in [0.717, 1.165) is 0 Å². The topological polar surface area (TPSA) is 193 Å². The number of H-pyrrole nitrogens is 1. The molecule has 1 fully saturated rings. The first-order valence-corrected chi connectivity index (χ1v) is 16.3. The number of rotatable bonds is 11. The van der Waals surface area contributed by atoms with Crippen LogP contribution in [0.3, 0.4) is 0 Å². The van der Waals surface area contributed by atoms with Gasteiger partial charge in [0.25, 0.3) is 0 Å². The number of nitrogens with one attached hydrogen (secondary N) is 2. The third-order valence-electron chi connectivity index (χ3n) is 5.74. The number of nitrogens with zero attached hydrogens (tertiary/aromatic N) is 3. The zero-order valence-corrected chi connectivity index (χ0v) is 24.3. The number of esters is 1. The first-order valence-electron chi connectivity index (χ1n) is 12.1. The van der Waals surface area contributed by atoms with Gasteiger partial charge in [-0.2, -0.15) is 0 Å². The van der Waals surface area contributed by atoms with E-state index in [1.54, 1.807) is 48.7 Å². The Bertz CT molecular complexity index is 1400. The number of imidazole rings is 1. The van der Waals surface area contributed by atoms with Gasteiger partial charge in [0, 0.05) is 0 Å². The molecule has 0 bridgehead atoms. The van der Waals surface area contributed by atoms with E-state index in [2.05, 4.69) is 20.0 Å². The number of carbonyl (C=O) groups excluding carboxylic acids is 1. The molecule has 1 aliphatic rings. The van der Waals surface area contributed by atoms with Crippen LogP contribution in [0.2, 0.25) is 10.6 Å². The van der Waals surface area contributed by atoms with Gasteiger partial charge >= 0.3 is 230 Å². The number of nitrogens with two attached hydrogens (primary N) is 1. The van der Waals surface area contributed by atoms with E-state index in [9.17, 15) is 19.3 Å². The van der Waals surface area contributed by atoms with E-state index >= 15 is 0 Å². The van der Waals surface area contributed by atoms with Crippen LogP contribution in [-0.2, 0) is 23.4 Å². The molecule has 1 unspecified atom stereocenters. The molecule has 2 aromatic heterocycles. The number of carbonyl (C=O) groups is 1. The van der Waals surface area contributed by atoms with Crippen LogP contribution in [0.25, 0.3) is 11.2 Å². The Morgan fingerprint density at radius 1 is 1.33 bits per heavy atom. The van der Waals surface area contributed by atoms with Crippen molar-refractivity contribution in [2.45, 2.75) is 62.0 Å². The molecule has 0 amide bonds. The maximum atomic E-state index is 13.8. The van der Waals surface area contributed by atoms with Crippen molar-refractivity contribution in [2.75, 3.05) is 12.3 Å². The molecule has 3 aromatic rings. The van der Waals surface area contributed by atoms with Crippen molar-refractivity contribution in [3.63, 3.8) is 0 Å². The molecule has 4 rings (SSSR count). The minimum atomic E-state index is -4.16. The summed E-state index contributed by atoms with van der Waals surface area (Å²) in [5.41, 5.74) is 5.51. The molecule has 0 spiro atoms. The molecule has 14 nitrogen and oxygen atoms in total. The summed E-state index contributed by atoms with van der Waals surface area (Å²) in [6.07, 6.45) is -1.64. The molecule has 212 valence electrons. The van der Waals surface area contributed by atoms with Gasteiger partial charge in [-0.3, -0.25) is 0 Å². The number of fused-ring (bicyclic) bond motifs is 1.